The number of rotatable bonds is 3. The molecular formula is C30H35Sn. The van der Waals surface area contributed by atoms with Crippen molar-refractivity contribution in [3.05, 3.63) is 87.0 Å². The predicted molar refractivity (Wildman–Crippen MR) is 139 cm³/mol. The summed E-state index contributed by atoms with van der Waals surface area (Å²) in [4.78, 5) is 0. The first-order valence-electron chi connectivity index (χ1n) is 11.5. The maximum absolute atomic E-state index is 2.42. The molecule has 31 heavy (non-hydrogen) atoms. The van der Waals surface area contributed by atoms with Crippen LogP contribution in [0.3, 0.4) is 0 Å². The van der Waals surface area contributed by atoms with E-state index in [1.54, 1.807) is 14.7 Å². The van der Waals surface area contributed by atoms with Crippen LogP contribution in [0.1, 0.15) is 47.2 Å². The molecule has 0 saturated carbocycles. The average molecular weight is 514 g/mol. The van der Waals surface area contributed by atoms with Crippen molar-refractivity contribution in [2.45, 2.75) is 64.3 Å². The van der Waals surface area contributed by atoms with Gasteiger partial charge in [0.05, 0.1) is 0 Å². The molecule has 0 unspecified atom stereocenters. The molecule has 0 bridgehead atoms. The Morgan fingerprint density at radius 1 is 0.548 bits per heavy atom. The second-order valence-corrected chi connectivity index (χ2v) is 16.7. The third-order valence-electron chi connectivity index (χ3n) is 7.00. The normalized spacial score (nSPS) is 14.6. The number of hydrogen-bond donors (Lipinski definition) is 0. The van der Waals surface area contributed by atoms with Crippen molar-refractivity contribution < 1.29 is 0 Å². The molecule has 1 aliphatic rings. The van der Waals surface area contributed by atoms with E-state index in [0.717, 1.165) is 0 Å². The van der Waals surface area contributed by atoms with Crippen LogP contribution in [-0.2, 0) is 0 Å². The van der Waals surface area contributed by atoms with Crippen LogP contribution in [0, 0.1) is 41.5 Å². The molecule has 3 aromatic rings. The molecule has 0 amide bonds. The number of hydrogen-bond acceptors (Lipinski definition) is 0. The van der Waals surface area contributed by atoms with Crippen LogP contribution in [0.5, 0.6) is 0 Å². The third kappa shape index (κ3) is 4.16. The van der Waals surface area contributed by atoms with Crippen molar-refractivity contribution in [1.82, 2.24) is 0 Å². The molecule has 3 aromatic carbocycles. The van der Waals surface area contributed by atoms with E-state index < -0.39 is 19.8 Å². The van der Waals surface area contributed by atoms with Gasteiger partial charge in [0.2, 0.25) is 0 Å². The van der Waals surface area contributed by atoms with Gasteiger partial charge in [-0.2, -0.15) is 0 Å². The zero-order valence-corrected chi connectivity index (χ0v) is 23.3. The van der Waals surface area contributed by atoms with Gasteiger partial charge >= 0.3 is 197 Å². The molecule has 1 heteroatoms. The monoisotopic (exact) mass is 515 g/mol. The molecule has 0 aromatic heterocycles. The molecular weight excluding hydrogens is 479 g/mol. The van der Waals surface area contributed by atoms with Crippen LogP contribution in [0.4, 0.5) is 0 Å². The second kappa shape index (κ2) is 8.62. The third-order valence-corrected chi connectivity index (χ3v) is 16.0. The molecule has 1 heterocycles. The Balaban J connectivity index is 2.04. The molecule has 1 aliphatic heterocycles. The van der Waals surface area contributed by atoms with Crippen LogP contribution < -0.4 is 3.58 Å². The van der Waals surface area contributed by atoms with E-state index in [1.807, 2.05) is 0 Å². The molecule has 1 radical (unpaired) electrons. The first kappa shape index (κ1) is 22.4. The van der Waals surface area contributed by atoms with E-state index in [0.29, 0.717) is 0 Å². The molecule has 0 spiro atoms. The van der Waals surface area contributed by atoms with Gasteiger partial charge in [0, 0.05) is 0 Å². The SMILES string of the molecule is CC1=C(C)[CH2][Sn]([c]2c(-c3c(C)cc(C)cc3C)cccc2-c2c(C)cc(C)cc2C)[CH2]1. The first-order chi connectivity index (χ1) is 14.7. The first-order valence-corrected chi connectivity index (χ1v) is 16.9. The standard InChI is InChI=1S/C24H25.C6H10.Sn/c1-15-10-17(3)23(18(4)11-15)21-8-7-9-22(14-21)24-19(5)12-16(2)13-20(24)6;1-5(2)6(3)4;/h7-13H,1-6H3;1,3H2,2,4H3;. The summed E-state index contributed by atoms with van der Waals surface area (Å²) in [5, 5.41) is 0. The number of allylic oxidation sites excluding steroid dienone is 2. The van der Waals surface area contributed by atoms with Crippen LogP contribution >= 0.6 is 0 Å². The Labute approximate surface area is 196 Å². The summed E-state index contributed by atoms with van der Waals surface area (Å²) < 4.78 is 4.48. The Bertz CT molecular complexity index is 1070. The Morgan fingerprint density at radius 2 is 0.903 bits per heavy atom. The van der Waals surface area contributed by atoms with Gasteiger partial charge in [-0.25, -0.2) is 0 Å². The van der Waals surface area contributed by atoms with Gasteiger partial charge in [-0.3, -0.25) is 0 Å². The van der Waals surface area contributed by atoms with E-state index in [4.69, 9.17) is 0 Å². The van der Waals surface area contributed by atoms with Crippen molar-refractivity contribution in [2.24, 2.45) is 0 Å². The van der Waals surface area contributed by atoms with E-state index >= 15 is 0 Å². The number of aryl methyl sites for hydroxylation is 6. The Morgan fingerprint density at radius 3 is 1.26 bits per heavy atom. The minimum atomic E-state index is -1.86. The summed E-state index contributed by atoms with van der Waals surface area (Å²) in [5.41, 5.74) is 17.7. The van der Waals surface area contributed by atoms with E-state index in [-0.39, 0.29) is 0 Å². The summed E-state index contributed by atoms with van der Waals surface area (Å²) in [6.45, 7) is 18.4. The summed E-state index contributed by atoms with van der Waals surface area (Å²) in [6, 6.07) is 16.6. The molecule has 159 valence electrons. The van der Waals surface area contributed by atoms with Gasteiger partial charge < -0.3 is 0 Å². The zero-order chi connectivity index (χ0) is 22.4. The maximum atomic E-state index is 2.42. The fraction of sp³-hybridized carbons (Fsp3) is 0.333. The molecule has 0 fully saturated rings. The van der Waals surface area contributed by atoms with Gasteiger partial charge in [-0.05, 0) is 0 Å². The second-order valence-electron chi connectivity index (χ2n) is 9.79. The topological polar surface area (TPSA) is 0 Å². The summed E-state index contributed by atoms with van der Waals surface area (Å²) in [7, 11) is 0. The van der Waals surface area contributed by atoms with Gasteiger partial charge in [0.15, 0.2) is 0 Å². The van der Waals surface area contributed by atoms with Crippen molar-refractivity contribution in [3.63, 3.8) is 0 Å². The van der Waals surface area contributed by atoms with Crippen molar-refractivity contribution in [1.29, 1.82) is 0 Å². The molecule has 0 saturated heterocycles. The van der Waals surface area contributed by atoms with Gasteiger partial charge in [0.25, 0.3) is 0 Å². The summed E-state index contributed by atoms with van der Waals surface area (Å²) in [6.07, 6.45) is 0. The van der Waals surface area contributed by atoms with Crippen molar-refractivity contribution >= 4 is 23.3 Å². The average Bonchev–Trinajstić information content (AvgIpc) is 2.98. The summed E-state index contributed by atoms with van der Waals surface area (Å²) >= 11 is -1.86. The van der Waals surface area contributed by atoms with Crippen LogP contribution in [0.25, 0.3) is 22.3 Å². The van der Waals surface area contributed by atoms with Crippen LogP contribution in [-0.4, -0.2) is 19.8 Å². The Hall–Kier alpha value is -1.80. The minimum absolute atomic E-state index is 1.36. The van der Waals surface area contributed by atoms with E-state index in [9.17, 15) is 0 Å². The molecule has 0 nitrogen and oxygen atoms in total. The predicted octanol–water partition coefficient (Wildman–Crippen LogP) is 7.92. The fourth-order valence-electron chi connectivity index (χ4n) is 5.74. The molecule has 0 aliphatic carbocycles. The number of benzene rings is 3. The van der Waals surface area contributed by atoms with Gasteiger partial charge in [-0.15, -0.1) is 0 Å². The fourth-order valence-corrected chi connectivity index (χ4v) is 15.8. The molecule has 4 rings (SSSR count). The van der Waals surface area contributed by atoms with Gasteiger partial charge in [0.1, 0.15) is 0 Å². The van der Waals surface area contributed by atoms with E-state index in [1.165, 1.54) is 64.5 Å². The molecule has 0 N–H and O–H groups in total. The zero-order valence-electron chi connectivity index (χ0n) is 20.5. The van der Waals surface area contributed by atoms with Crippen molar-refractivity contribution in [2.75, 3.05) is 0 Å². The van der Waals surface area contributed by atoms with Crippen LogP contribution in [0.2, 0.25) is 8.87 Å². The molecule has 0 atom stereocenters. The Kier molecular flexibility index (Phi) is 6.23. The quantitative estimate of drug-likeness (QED) is 0.246. The van der Waals surface area contributed by atoms with Crippen molar-refractivity contribution in [3.8, 4) is 22.3 Å². The van der Waals surface area contributed by atoms with Gasteiger partial charge in [-0.1, -0.05) is 0 Å². The summed E-state index contributed by atoms with van der Waals surface area (Å²) in [5.74, 6) is 0. The van der Waals surface area contributed by atoms with Crippen LogP contribution in [0.15, 0.2) is 53.6 Å². The van der Waals surface area contributed by atoms with E-state index in [2.05, 4.69) is 97.9 Å².